The molecule has 1 spiro atoms. The van der Waals surface area contributed by atoms with Gasteiger partial charge in [-0.05, 0) is 87.7 Å². The van der Waals surface area contributed by atoms with E-state index in [1.54, 1.807) is 0 Å². The molecule has 0 N–H and O–H groups in total. The second-order valence-corrected chi connectivity index (χ2v) is 19.1. The molecule has 0 amide bonds. The first-order chi connectivity index (χ1) is 25.9. The van der Waals surface area contributed by atoms with Crippen LogP contribution in [0.5, 0.6) is 0 Å². The molecule has 12 bridgehead atoms. The van der Waals surface area contributed by atoms with Crippen LogP contribution in [0.1, 0.15) is 111 Å². The molecule has 11 fully saturated rings. The van der Waals surface area contributed by atoms with Crippen LogP contribution in [-0.2, 0) is 52.2 Å². The van der Waals surface area contributed by atoms with E-state index >= 15 is 0 Å². The van der Waals surface area contributed by atoms with Crippen LogP contribution in [0.25, 0.3) is 0 Å². The van der Waals surface area contributed by atoms with Crippen molar-refractivity contribution in [3.63, 3.8) is 0 Å². The smallest absolute Gasteiger partial charge is 0.172 e. The minimum absolute atomic E-state index is 0.0131. The predicted molar refractivity (Wildman–Crippen MR) is 194 cm³/mol. The van der Waals surface area contributed by atoms with E-state index in [0.717, 1.165) is 63.4 Å². The molecule has 0 aromatic rings. The van der Waals surface area contributed by atoms with Crippen molar-refractivity contribution in [2.45, 2.75) is 214 Å². The number of ketones is 1. The van der Waals surface area contributed by atoms with Crippen LogP contribution in [-0.4, -0.2) is 116 Å². The highest BCUT2D eigenvalue weighted by Crippen LogP contribution is 2.54. The zero-order valence-corrected chi connectivity index (χ0v) is 32.7. The summed E-state index contributed by atoms with van der Waals surface area (Å²) >= 11 is 0. The van der Waals surface area contributed by atoms with Crippen LogP contribution in [0.2, 0.25) is 0 Å². The van der Waals surface area contributed by atoms with Crippen molar-refractivity contribution in [2.75, 3.05) is 6.61 Å². The normalized spacial score (nSPS) is 54.1. The Morgan fingerprint density at radius 3 is 2.28 bits per heavy atom. The molecule has 11 nitrogen and oxygen atoms in total. The zero-order chi connectivity index (χ0) is 37.1. The maximum Gasteiger partial charge on any atom is 0.172 e. The van der Waals surface area contributed by atoms with Gasteiger partial charge in [-0.15, -0.1) is 0 Å². The molecule has 0 saturated carbocycles. The summed E-state index contributed by atoms with van der Waals surface area (Å²) < 4.78 is 66.7. The summed E-state index contributed by atoms with van der Waals surface area (Å²) in [5.74, 6) is -0.598. The Balaban J connectivity index is 0.915. The quantitative estimate of drug-likeness (QED) is 0.315. The van der Waals surface area contributed by atoms with Crippen LogP contribution in [0, 0.1) is 17.8 Å². The van der Waals surface area contributed by atoms with E-state index in [2.05, 4.69) is 27.0 Å². The molecule has 11 aliphatic rings. The Morgan fingerprint density at radius 2 is 1.44 bits per heavy atom. The Kier molecular flexibility index (Phi) is 9.57. The number of carbonyl (C=O) groups excluding carboxylic acids is 1. The van der Waals surface area contributed by atoms with Gasteiger partial charge in [0, 0.05) is 38.5 Å². The Labute approximate surface area is 320 Å². The number of rotatable bonds is 2. The van der Waals surface area contributed by atoms with Crippen molar-refractivity contribution in [3.8, 4) is 0 Å². The first-order valence-corrected chi connectivity index (χ1v) is 21.4. The Morgan fingerprint density at radius 1 is 0.685 bits per heavy atom. The number of carbonyl (C=O) groups is 1. The molecule has 11 saturated heterocycles. The van der Waals surface area contributed by atoms with Crippen LogP contribution in [0.4, 0.5) is 0 Å². The summed E-state index contributed by atoms with van der Waals surface area (Å²) in [7, 11) is 0. The fraction of sp³-hybridized carbons (Fsp3) is 0.884. The third-order valence-electron chi connectivity index (χ3n) is 15.0. The standard InChI is InChI=1S/C43H62O11/c1-21-13-26-7-9-31-22(2)14-28(46-31)11-12-43-19-36-38(53-43)39-40(51-36)41(54-43)37-32(50-39)10-8-27(48-37)15-25(44)16-30-24(4)33(17-29-20-45-42(5,6)52-29)49-35(30)18-34(47-26)23(21)3/h21,24,26-41H,2-3,7-20H2,1,4-6H3/t21-,24-,26+,27-,28+,29+,30-,31?,32+,33-,34-,35+,36-,37+,38+,39+,40-,41?,43+/m1/s1. The third-order valence-corrected chi connectivity index (χ3v) is 15.0. The van der Waals surface area contributed by atoms with Gasteiger partial charge in [-0.25, -0.2) is 0 Å². The third kappa shape index (κ3) is 6.72. The molecule has 0 aliphatic carbocycles. The predicted octanol–water partition coefficient (Wildman–Crippen LogP) is 5.89. The van der Waals surface area contributed by atoms with Crippen molar-refractivity contribution in [2.24, 2.45) is 17.8 Å². The minimum atomic E-state index is -0.757. The number of hydrogen-bond acceptors (Lipinski definition) is 11. The molecule has 11 aliphatic heterocycles. The van der Waals surface area contributed by atoms with E-state index in [9.17, 15) is 4.79 Å². The van der Waals surface area contributed by atoms with Crippen molar-refractivity contribution in [1.82, 2.24) is 0 Å². The number of hydrogen-bond donors (Lipinski definition) is 0. The van der Waals surface area contributed by atoms with Gasteiger partial charge < -0.3 is 47.4 Å². The molecule has 2 unspecified atom stereocenters. The lowest BCUT2D eigenvalue weighted by molar-refractivity contribution is -0.292. The summed E-state index contributed by atoms with van der Waals surface area (Å²) in [4.78, 5) is 14.2. The fourth-order valence-corrected chi connectivity index (χ4v) is 12.1. The second kappa shape index (κ2) is 13.9. The Bertz CT molecular complexity index is 1480. The van der Waals surface area contributed by atoms with Crippen LogP contribution in [0.3, 0.4) is 0 Å². The first kappa shape index (κ1) is 37.0. The van der Waals surface area contributed by atoms with Crippen molar-refractivity contribution in [1.29, 1.82) is 0 Å². The lowest BCUT2D eigenvalue weighted by Crippen LogP contribution is -2.61. The summed E-state index contributed by atoms with van der Waals surface area (Å²) in [5, 5.41) is 0. The van der Waals surface area contributed by atoms with Crippen molar-refractivity contribution < 1.29 is 52.2 Å². The van der Waals surface area contributed by atoms with Gasteiger partial charge in [0.15, 0.2) is 11.6 Å². The van der Waals surface area contributed by atoms with E-state index < -0.39 is 11.6 Å². The lowest BCUT2D eigenvalue weighted by atomic mass is 9.78. The number of fused-ring (bicyclic) bond motifs is 6. The number of Topliss-reactive ketones (excluding diaryl/α,β-unsaturated/α-hetero) is 1. The van der Waals surface area contributed by atoms with E-state index in [-0.39, 0.29) is 109 Å². The van der Waals surface area contributed by atoms with Gasteiger partial charge in [-0.1, -0.05) is 27.0 Å². The average molecular weight is 755 g/mol. The summed E-state index contributed by atoms with van der Waals surface area (Å²) in [6.07, 6.45) is 7.95. The molecule has 300 valence electrons. The SMILES string of the molecule is C=C1C[C@@H]2CC[C@@]34C[C@H]5O[C@H]6C(O3)[C@H]3O[C@H](CC[C@@H]3O[C@H]6[C@H]5O4)CC(=O)C[C@@H]3[C@@H](C)[C@@H](C[C@H]4COC(C)(C)O4)O[C@H]3C[C@H]3O[C@@H](CCC1O2)C[C@@H](C)C3=C. The van der Waals surface area contributed by atoms with E-state index in [1.165, 1.54) is 5.57 Å². The first-order valence-electron chi connectivity index (χ1n) is 21.4. The van der Waals surface area contributed by atoms with Gasteiger partial charge in [0.05, 0.1) is 67.6 Å². The summed E-state index contributed by atoms with van der Waals surface area (Å²) in [6.45, 7) is 18.0. The van der Waals surface area contributed by atoms with Gasteiger partial charge in [0.25, 0.3) is 0 Å². The number of ether oxygens (including phenoxy) is 10. The maximum absolute atomic E-state index is 14.2. The largest absolute Gasteiger partial charge is 0.374 e. The van der Waals surface area contributed by atoms with Crippen molar-refractivity contribution in [3.05, 3.63) is 24.3 Å². The molecule has 54 heavy (non-hydrogen) atoms. The van der Waals surface area contributed by atoms with Crippen LogP contribution in [0.15, 0.2) is 24.3 Å². The molecular weight excluding hydrogens is 692 g/mol. The lowest BCUT2D eigenvalue weighted by Gasteiger charge is -2.47. The highest BCUT2D eigenvalue weighted by Gasteiger charge is 2.68. The van der Waals surface area contributed by atoms with E-state index in [1.807, 2.05) is 13.8 Å². The molecule has 0 aromatic carbocycles. The van der Waals surface area contributed by atoms with Crippen LogP contribution < -0.4 is 0 Å². The maximum atomic E-state index is 14.2. The zero-order valence-electron chi connectivity index (χ0n) is 32.7. The fourth-order valence-electron chi connectivity index (χ4n) is 12.1. The molecule has 0 radical (unpaired) electrons. The molecule has 19 atom stereocenters. The van der Waals surface area contributed by atoms with Gasteiger partial charge in [0.2, 0.25) is 0 Å². The monoisotopic (exact) mass is 754 g/mol. The minimum Gasteiger partial charge on any atom is -0.374 e. The van der Waals surface area contributed by atoms with Crippen LogP contribution >= 0.6 is 0 Å². The van der Waals surface area contributed by atoms with Gasteiger partial charge >= 0.3 is 0 Å². The van der Waals surface area contributed by atoms with Gasteiger partial charge in [0.1, 0.15) is 36.3 Å². The molecular formula is C43H62O11. The molecule has 11 heterocycles. The topological polar surface area (TPSA) is 109 Å². The highest BCUT2D eigenvalue weighted by molar-refractivity contribution is 5.79. The summed E-state index contributed by atoms with van der Waals surface area (Å²) in [5.41, 5.74) is 2.30. The van der Waals surface area contributed by atoms with Gasteiger partial charge in [-0.3, -0.25) is 4.79 Å². The average Bonchev–Trinajstić information content (AvgIpc) is 3.87. The molecule has 11 heteroatoms. The highest BCUT2D eigenvalue weighted by atomic mass is 16.8. The molecule has 11 rings (SSSR count). The Hall–Kier alpha value is -1.25. The summed E-state index contributed by atoms with van der Waals surface area (Å²) in [6, 6.07) is 0. The second-order valence-electron chi connectivity index (χ2n) is 19.1. The van der Waals surface area contributed by atoms with Gasteiger partial charge in [-0.2, -0.15) is 0 Å². The molecule has 0 aromatic heterocycles. The van der Waals surface area contributed by atoms with Crippen molar-refractivity contribution >= 4 is 5.78 Å². The van der Waals surface area contributed by atoms with E-state index in [4.69, 9.17) is 47.4 Å². The van der Waals surface area contributed by atoms with E-state index in [0.29, 0.717) is 38.2 Å².